The smallest absolute Gasteiger partial charge is 0.348 e. The summed E-state index contributed by atoms with van der Waals surface area (Å²) in [7, 11) is 0. The fraction of sp³-hybridized carbons (Fsp3) is 0.667. The molecule has 290 valence electrons. The van der Waals surface area contributed by atoms with Crippen LogP contribution in [0.25, 0.3) is 6.08 Å². The summed E-state index contributed by atoms with van der Waals surface area (Å²) in [5.41, 5.74) is -0.542. The van der Waals surface area contributed by atoms with Gasteiger partial charge in [-0.3, -0.25) is 19.2 Å². The van der Waals surface area contributed by atoms with Crippen LogP contribution in [0.3, 0.4) is 0 Å². The highest BCUT2D eigenvalue weighted by molar-refractivity contribution is 5.96. The van der Waals surface area contributed by atoms with E-state index in [0.717, 1.165) is 31.2 Å². The number of fused-ring (bicyclic) bond motifs is 4. The number of aliphatic hydroxyl groups is 1. The van der Waals surface area contributed by atoms with Crippen LogP contribution in [0.15, 0.2) is 30.3 Å². The average Bonchev–Trinajstić information content (AvgIpc) is 4.06. The number of hydroxylamine groups is 2. The van der Waals surface area contributed by atoms with Gasteiger partial charge in [-0.1, -0.05) is 38.1 Å². The topological polar surface area (TPSA) is 179 Å². The second-order valence-corrected chi connectivity index (χ2v) is 16.8. The fourth-order valence-corrected chi connectivity index (χ4v) is 9.66. The Labute approximate surface area is 312 Å². The number of hydrogen-bond donors (Lipinski definition) is 2. The molecule has 8 fully saturated rings. The van der Waals surface area contributed by atoms with Crippen molar-refractivity contribution in [2.45, 2.75) is 114 Å². The SMILES string of the molecule is CC1(C)COC(=O)[C@@H]1OC(=O)C=Cc1ccc(CN2O[C@@H]3[C@H]4OC(C5CC5)(C5CC5)O[C@H]4[C@H]4C[C@]3(C(=O)N3CCC[C@@H]3C(=O)NCCO)[C@@H]2C(=O)O4)cc1. The monoisotopic (exact) mass is 749 g/mol. The summed E-state index contributed by atoms with van der Waals surface area (Å²) >= 11 is 0. The van der Waals surface area contributed by atoms with Crippen molar-refractivity contribution >= 4 is 35.8 Å². The first-order valence-electron chi connectivity index (χ1n) is 19.3. The number of rotatable bonds is 11. The van der Waals surface area contributed by atoms with Crippen molar-refractivity contribution in [2.24, 2.45) is 22.7 Å². The van der Waals surface area contributed by atoms with Gasteiger partial charge in [-0.05, 0) is 55.7 Å². The van der Waals surface area contributed by atoms with E-state index in [1.807, 2.05) is 12.1 Å². The van der Waals surface area contributed by atoms with E-state index in [1.54, 1.807) is 42.0 Å². The molecule has 1 aromatic rings. The number of carbonyl (C=O) groups excluding carboxylic acids is 5. The zero-order valence-corrected chi connectivity index (χ0v) is 30.5. The van der Waals surface area contributed by atoms with E-state index in [4.69, 9.17) is 28.5 Å². The fourth-order valence-electron chi connectivity index (χ4n) is 9.66. The molecule has 8 atom stereocenters. The van der Waals surface area contributed by atoms with Gasteiger partial charge < -0.3 is 39.0 Å². The van der Waals surface area contributed by atoms with E-state index in [1.165, 1.54) is 6.08 Å². The Balaban J connectivity index is 0.984. The molecule has 54 heavy (non-hydrogen) atoms. The van der Waals surface area contributed by atoms with Crippen LogP contribution in [0.5, 0.6) is 0 Å². The summed E-state index contributed by atoms with van der Waals surface area (Å²) in [4.78, 5) is 75.5. The number of esters is 3. The Morgan fingerprint density at radius 1 is 1.00 bits per heavy atom. The lowest BCUT2D eigenvalue weighted by Gasteiger charge is -2.50. The van der Waals surface area contributed by atoms with Crippen LogP contribution in [-0.2, 0) is 59.0 Å². The third-order valence-corrected chi connectivity index (χ3v) is 12.6. The summed E-state index contributed by atoms with van der Waals surface area (Å²) in [5, 5.41) is 13.6. The number of nitrogens with one attached hydrogen (secondary N) is 1. The second-order valence-electron chi connectivity index (χ2n) is 16.8. The van der Waals surface area contributed by atoms with Gasteiger partial charge in [-0.2, -0.15) is 5.06 Å². The molecule has 0 spiro atoms. The van der Waals surface area contributed by atoms with Gasteiger partial charge in [-0.15, -0.1) is 0 Å². The normalized spacial score (nSPS) is 36.2. The highest BCUT2D eigenvalue weighted by Gasteiger charge is 2.78. The van der Waals surface area contributed by atoms with E-state index >= 15 is 4.79 Å². The molecule has 3 aliphatic carbocycles. The number of hydrogen-bond acceptors (Lipinski definition) is 13. The van der Waals surface area contributed by atoms with Gasteiger partial charge in [0.1, 0.15) is 42.5 Å². The maximum atomic E-state index is 15.1. The summed E-state index contributed by atoms with van der Waals surface area (Å²) in [6.07, 6.45) is 4.25. The largest absolute Gasteiger partial charge is 0.462 e. The van der Waals surface area contributed by atoms with E-state index in [2.05, 4.69) is 5.32 Å². The molecule has 3 saturated carbocycles. The number of carbonyl (C=O) groups is 5. The van der Waals surface area contributed by atoms with Gasteiger partial charge >= 0.3 is 17.9 Å². The molecule has 0 unspecified atom stereocenters. The number of benzene rings is 1. The molecule has 2 amide bonds. The first-order valence-corrected chi connectivity index (χ1v) is 19.3. The van der Waals surface area contributed by atoms with E-state index in [0.29, 0.717) is 24.9 Å². The van der Waals surface area contributed by atoms with Crippen LogP contribution in [0, 0.1) is 22.7 Å². The molecule has 5 saturated heterocycles. The lowest BCUT2D eigenvalue weighted by atomic mass is 9.62. The summed E-state index contributed by atoms with van der Waals surface area (Å²) < 4.78 is 30.4. The van der Waals surface area contributed by atoms with Crippen LogP contribution < -0.4 is 5.32 Å². The lowest BCUT2D eigenvalue weighted by Crippen LogP contribution is -2.70. The standard InChI is InChI=1S/C39H47N3O12/c1-37(2)20-49-35(47)32(37)51-27(44)14-9-21-5-7-22(8-6-21)19-42-30-34(46)50-26-18-38(30,36(48)41-16-3-4-25(41)33(45)40-15-17-43)31(54-42)29-28(26)52-39(53-29,23-10-11-23)24-12-13-24/h5-9,14,23-26,28-32,43H,3-4,10-13,15-20H2,1-2H3,(H,40,45)/t25-,26-,28+,29+,30+,31-,32+,38+/m1/s1. The third kappa shape index (κ3) is 5.76. The number of amides is 2. The Kier molecular flexibility index (Phi) is 8.69. The van der Waals surface area contributed by atoms with Crippen molar-refractivity contribution in [3.63, 3.8) is 0 Å². The minimum atomic E-state index is -1.39. The minimum absolute atomic E-state index is 0.0757. The number of likely N-dealkylation sites (tertiary alicyclic amines) is 1. The molecule has 15 nitrogen and oxygen atoms in total. The number of ether oxygens (including phenoxy) is 5. The first kappa shape index (κ1) is 35.8. The summed E-state index contributed by atoms with van der Waals surface area (Å²) in [6.45, 7) is 4.11. The van der Waals surface area contributed by atoms with Crippen LogP contribution >= 0.6 is 0 Å². The third-order valence-electron chi connectivity index (χ3n) is 12.6. The van der Waals surface area contributed by atoms with Crippen molar-refractivity contribution in [3.05, 3.63) is 41.5 Å². The summed E-state index contributed by atoms with van der Waals surface area (Å²) in [6, 6.07) is 5.43. The molecule has 15 heteroatoms. The van der Waals surface area contributed by atoms with Gasteiger partial charge in [0.15, 0.2) is 11.8 Å². The molecular weight excluding hydrogens is 702 g/mol. The van der Waals surface area contributed by atoms with Crippen LogP contribution in [0.1, 0.15) is 69.9 Å². The van der Waals surface area contributed by atoms with Crippen molar-refractivity contribution < 1.29 is 57.6 Å². The van der Waals surface area contributed by atoms with Gasteiger partial charge in [0, 0.05) is 42.8 Å². The maximum Gasteiger partial charge on any atom is 0.348 e. The molecule has 2 N–H and O–H groups in total. The van der Waals surface area contributed by atoms with Crippen LogP contribution in [-0.4, -0.2) is 119 Å². The van der Waals surface area contributed by atoms with Gasteiger partial charge in [0.05, 0.1) is 13.2 Å². The summed E-state index contributed by atoms with van der Waals surface area (Å²) in [5.74, 6) is -2.78. The molecule has 8 aliphatic rings. The van der Waals surface area contributed by atoms with Gasteiger partial charge in [-0.25, -0.2) is 9.59 Å². The minimum Gasteiger partial charge on any atom is -0.462 e. The first-order chi connectivity index (χ1) is 25.9. The van der Waals surface area contributed by atoms with Crippen LogP contribution in [0.2, 0.25) is 0 Å². The van der Waals surface area contributed by atoms with E-state index in [-0.39, 0.29) is 56.4 Å². The Morgan fingerprint density at radius 3 is 2.39 bits per heavy atom. The molecule has 9 rings (SSSR count). The lowest BCUT2D eigenvalue weighted by molar-refractivity contribution is -0.235. The maximum absolute atomic E-state index is 15.1. The number of aliphatic hydroxyl groups excluding tert-OH is 1. The van der Waals surface area contributed by atoms with Crippen LogP contribution in [0.4, 0.5) is 0 Å². The predicted octanol–water partition coefficient (Wildman–Crippen LogP) is 1.39. The molecule has 0 radical (unpaired) electrons. The average molecular weight is 750 g/mol. The van der Waals surface area contributed by atoms with E-state index in [9.17, 15) is 24.3 Å². The predicted molar refractivity (Wildman–Crippen MR) is 184 cm³/mol. The number of nitrogens with zero attached hydrogens (tertiary/aromatic N) is 2. The molecule has 0 aromatic heterocycles. The Bertz CT molecular complexity index is 1740. The molecule has 1 aromatic carbocycles. The molecule has 5 heterocycles. The quantitative estimate of drug-likeness (QED) is 0.189. The van der Waals surface area contributed by atoms with E-state index < -0.39 is 77.1 Å². The second kappa shape index (κ2) is 13.1. The molecular formula is C39H47N3O12. The van der Waals surface area contributed by atoms with Gasteiger partial charge in [0.25, 0.3) is 0 Å². The van der Waals surface area contributed by atoms with Crippen molar-refractivity contribution in [1.29, 1.82) is 0 Å². The zero-order valence-electron chi connectivity index (χ0n) is 30.5. The van der Waals surface area contributed by atoms with Gasteiger partial charge in [0.2, 0.25) is 17.9 Å². The highest BCUT2D eigenvalue weighted by Crippen LogP contribution is 2.64. The van der Waals surface area contributed by atoms with Crippen molar-refractivity contribution in [2.75, 3.05) is 26.3 Å². The van der Waals surface area contributed by atoms with Crippen molar-refractivity contribution in [3.8, 4) is 0 Å². The number of cyclic esters (lactones) is 1. The Morgan fingerprint density at radius 2 is 1.72 bits per heavy atom. The zero-order chi connectivity index (χ0) is 37.6. The Hall–Kier alpha value is -3.89. The van der Waals surface area contributed by atoms with Crippen molar-refractivity contribution in [1.82, 2.24) is 15.3 Å². The molecule has 5 aliphatic heterocycles. The molecule has 2 bridgehead atoms. The highest BCUT2D eigenvalue weighted by atomic mass is 16.8.